The summed E-state index contributed by atoms with van der Waals surface area (Å²) in [6, 6.07) is 1.35. The molecular formula is C13H26OSi2. The molecule has 1 atom stereocenters. The minimum atomic E-state index is -1.33. The summed E-state index contributed by atoms with van der Waals surface area (Å²) in [6.07, 6.45) is 7.12. The van der Waals surface area contributed by atoms with Crippen molar-refractivity contribution in [3.05, 3.63) is 11.1 Å². The van der Waals surface area contributed by atoms with Gasteiger partial charge in [0.25, 0.3) is 0 Å². The fourth-order valence-corrected chi connectivity index (χ4v) is 9.83. The van der Waals surface area contributed by atoms with E-state index in [0.29, 0.717) is 0 Å². The molecule has 0 aromatic rings. The lowest BCUT2D eigenvalue weighted by molar-refractivity contribution is 0.547. The largest absolute Gasteiger partial charge is 0.458 e. The highest BCUT2D eigenvalue weighted by molar-refractivity contribution is 6.77. The maximum absolute atomic E-state index is 6.23. The van der Waals surface area contributed by atoms with Gasteiger partial charge in [0.2, 0.25) is 0 Å². The molecule has 2 bridgehead atoms. The van der Waals surface area contributed by atoms with E-state index in [4.69, 9.17) is 4.12 Å². The van der Waals surface area contributed by atoms with Gasteiger partial charge in [-0.25, -0.2) is 0 Å². The van der Waals surface area contributed by atoms with Gasteiger partial charge in [-0.1, -0.05) is 11.1 Å². The Morgan fingerprint density at radius 2 is 2.06 bits per heavy atom. The molecule has 2 aliphatic carbocycles. The van der Waals surface area contributed by atoms with Crippen LogP contribution in [-0.2, 0) is 4.12 Å². The highest BCUT2D eigenvalue weighted by Gasteiger charge is 2.31. The third-order valence-electron chi connectivity index (χ3n) is 4.01. The molecule has 0 heterocycles. The molecule has 92 valence electrons. The van der Waals surface area contributed by atoms with Crippen LogP contribution < -0.4 is 0 Å². The van der Waals surface area contributed by atoms with Crippen LogP contribution in [0.2, 0.25) is 32.2 Å². The third-order valence-corrected chi connectivity index (χ3v) is 9.90. The molecule has 1 nitrogen and oxygen atoms in total. The zero-order valence-corrected chi connectivity index (χ0v) is 13.5. The summed E-state index contributed by atoms with van der Waals surface area (Å²) in [7, 11) is -2.16. The van der Waals surface area contributed by atoms with Gasteiger partial charge in [0.05, 0.1) is 0 Å². The summed E-state index contributed by atoms with van der Waals surface area (Å²) in [5.41, 5.74) is 3.66. The summed E-state index contributed by atoms with van der Waals surface area (Å²) in [5, 5.41) is 0. The Bertz CT molecular complexity index is 294. The Balaban J connectivity index is 1.83. The first kappa shape index (κ1) is 12.6. The molecule has 1 unspecified atom stereocenters. The first-order valence-corrected chi connectivity index (χ1v) is 12.7. The van der Waals surface area contributed by atoms with Gasteiger partial charge >= 0.3 is 0 Å². The fourth-order valence-electron chi connectivity index (χ4n) is 3.35. The predicted molar refractivity (Wildman–Crippen MR) is 75.9 cm³/mol. The Hall–Kier alpha value is 0.134. The molecule has 0 aliphatic heterocycles. The number of hydrogen-bond acceptors (Lipinski definition) is 1. The molecule has 0 radical (unpaired) electrons. The van der Waals surface area contributed by atoms with Crippen LogP contribution in [0.3, 0.4) is 0 Å². The molecule has 0 spiro atoms. The molecule has 2 aliphatic rings. The maximum atomic E-state index is 6.23. The van der Waals surface area contributed by atoms with E-state index in [1.54, 1.807) is 0 Å². The van der Waals surface area contributed by atoms with Crippen molar-refractivity contribution in [2.75, 3.05) is 0 Å². The van der Waals surface area contributed by atoms with Crippen molar-refractivity contribution in [3.63, 3.8) is 0 Å². The quantitative estimate of drug-likeness (QED) is 0.530. The maximum Gasteiger partial charge on any atom is 0.173 e. The topological polar surface area (TPSA) is 9.23 Å². The molecule has 0 N–H and O–H groups in total. The number of hydrogen-bond donors (Lipinski definition) is 0. The van der Waals surface area contributed by atoms with E-state index in [0.717, 1.165) is 5.92 Å². The molecule has 2 rings (SSSR count). The van der Waals surface area contributed by atoms with Crippen molar-refractivity contribution in [3.8, 4) is 0 Å². The standard InChI is InChI=1S/C13H26OSi2/c1-15(2)14-16(3,4)8-7-13-10-11-5-6-12(13)9-11/h11,15H,5-10H2,1-4H3. The van der Waals surface area contributed by atoms with Crippen molar-refractivity contribution in [1.82, 2.24) is 0 Å². The molecule has 1 saturated carbocycles. The van der Waals surface area contributed by atoms with Crippen LogP contribution in [0.5, 0.6) is 0 Å². The smallest absolute Gasteiger partial charge is 0.173 e. The first-order valence-electron chi connectivity index (χ1n) is 6.84. The second kappa shape index (κ2) is 4.79. The van der Waals surface area contributed by atoms with Crippen molar-refractivity contribution < 1.29 is 4.12 Å². The number of allylic oxidation sites excluding steroid dienone is 2. The van der Waals surface area contributed by atoms with E-state index in [1.165, 1.54) is 38.1 Å². The summed E-state index contributed by atoms with van der Waals surface area (Å²) in [5.74, 6) is 1.04. The number of fused-ring (bicyclic) bond motifs is 2. The van der Waals surface area contributed by atoms with Crippen LogP contribution in [0.4, 0.5) is 0 Å². The Kier molecular flexibility index (Phi) is 3.76. The molecule has 3 heteroatoms. The average molecular weight is 255 g/mol. The van der Waals surface area contributed by atoms with Gasteiger partial charge in [-0.2, -0.15) is 0 Å². The average Bonchev–Trinajstić information content (AvgIpc) is 2.73. The molecule has 0 saturated heterocycles. The predicted octanol–water partition coefficient (Wildman–Crippen LogP) is 4.08. The van der Waals surface area contributed by atoms with Crippen molar-refractivity contribution in [2.24, 2.45) is 5.92 Å². The van der Waals surface area contributed by atoms with E-state index >= 15 is 0 Å². The van der Waals surface area contributed by atoms with Crippen LogP contribution >= 0.6 is 0 Å². The summed E-state index contributed by atoms with van der Waals surface area (Å²) >= 11 is 0. The minimum Gasteiger partial charge on any atom is -0.458 e. The molecule has 0 aromatic carbocycles. The molecular weight excluding hydrogens is 228 g/mol. The molecule has 16 heavy (non-hydrogen) atoms. The highest BCUT2D eigenvalue weighted by Crippen LogP contribution is 2.46. The lowest BCUT2D eigenvalue weighted by atomic mass is 9.98. The van der Waals surface area contributed by atoms with Crippen molar-refractivity contribution in [1.29, 1.82) is 0 Å². The van der Waals surface area contributed by atoms with Gasteiger partial charge in [0.15, 0.2) is 17.4 Å². The third kappa shape index (κ3) is 3.08. The Labute approximate surface area is 103 Å². The molecule has 0 aromatic heterocycles. The van der Waals surface area contributed by atoms with Gasteiger partial charge in [0.1, 0.15) is 0 Å². The minimum absolute atomic E-state index is 0.829. The van der Waals surface area contributed by atoms with Gasteiger partial charge < -0.3 is 4.12 Å². The molecule has 1 fully saturated rings. The summed E-state index contributed by atoms with van der Waals surface area (Å²) < 4.78 is 6.23. The van der Waals surface area contributed by atoms with Crippen LogP contribution in [-0.4, -0.2) is 17.4 Å². The van der Waals surface area contributed by atoms with E-state index in [2.05, 4.69) is 26.2 Å². The van der Waals surface area contributed by atoms with E-state index < -0.39 is 17.4 Å². The van der Waals surface area contributed by atoms with Gasteiger partial charge in [-0.05, 0) is 70.3 Å². The van der Waals surface area contributed by atoms with Crippen molar-refractivity contribution >= 4 is 17.4 Å². The van der Waals surface area contributed by atoms with Crippen LogP contribution in [0.25, 0.3) is 0 Å². The molecule has 0 amide bonds. The summed E-state index contributed by atoms with van der Waals surface area (Å²) in [4.78, 5) is 0. The first-order chi connectivity index (χ1) is 7.46. The second-order valence-electron chi connectivity index (χ2n) is 6.45. The Morgan fingerprint density at radius 3 is 2.56 bits per heavy atom. The van der Waals surface area contributed by atoms with E-state index in [9.17, 15) is 0 Å². The fraction of sp³-hybridized carbons (Fsp3) is 0.846. The van der Waals surface area contributed by atoms with Gasteiger partial charge in [-0.15, -0.1) is 0 Å². The van der Waals surface area contributed by atoms with Crippen LogP contribution in [0.1, 0.15) is 32.1 Å². The van der Waals surface area contributed by atoms with Crippen LogP contribution in [0.15, 0.2) is 11.1 Å². The SMILES string of the molecule is C[SiH](C)O[Si](C)(C)CCC1=C2CCC(C2)C1. The van der Waals surface area contributed by atoms with Crippen molar-refractivity contribution in [2.45, 2.75) is 64.3 Å². The Morgan fingerprint density at radius 1 is 1.31 bits per heavy atom. The van der Waals surface area contributed by atoms with Gasteiger partial charge in [-0.3, -0.25) is 0 Å². The van der Waals surface area contributed by atoms with E-state index in [1.807, 2.05) is 11.1 Å². The van der Waals surface area contributed by atoms with E-state index in [-0.39, 0.29) is 0 Å². The monoisotopic (exact) mass is 254 g/mol. The van der Waals surface area contributed by atoms with Gasteiger partial charge in [0, 0.05) is 0 Å². The lowest BCUT2D eigenvalue weighted by Crippen LogP contribution is -2.35. The lowest BCUT2D eigenvalue weighted by Gasteiger charge is -2.26. The second-order valence-corrected chi connectivity index (χ2v) is 13.5. The zero-order chi connectivity index (χ0) is 11.8. The highest BCUT2D eigenvalue weighted by atomic mass is 28.4. The van der Waals surface area contributed by atoms with Crippen LogP contribution in [0, 0.1) is 5.92 Å². The summed E-state index contributed by atoms with van der Waals surface area (Å²) in [6.45, 7) is 9.40. The number of rotatable bonds is 5. The normalized spacial score (nSPS) is 24.9. The zero-order valence-electron chi connectivity index (χ0n) is 11.3.